The molecule has 4 heteroatoms. The number of fused-ring (bicyclic) bond motifs is 1. The second kappa shape index (κ2) is 4.88. The van der Waals surface area contributed by atoms with Crippen molar-refractivity contribution >= 4 is 22.8 Å². The summed E-state index contributed by atoms with van der Waals surface area (Å²) in [7, 11) is 0. The lowest BCUT2D eigenvalue weighted by Gasteiger charge is -1.98. The van der Waals surface area contributed by atoms with Crippen molar-refractivity contribution in [2.45, 2.75) is 26.2 Å². The van der Waals surface area contributed by atoms with Crippen LogP contribution >= 0.6 is 0 Å². The van der Waals surface area contributed by atoms with Crippen molar-refractivity contribution in [3.63, 3.8) is 0 Å². The maximum atomic E-state index is 5.67. The summed E-state index contributed by atoms with van der Waals surface area (Å²) >= 11 is 0. The van der Waals surface area contributed by atoms with E-state index in [1.54, 1.807) is 0 Å². The van der Waals surface area contributed by atoms with Crippen LogP contribution in [0.3, 0.4) is 0 Å². The molecule has 1 heterocycles. The fraction of sp³-hybridized carbons (Fsp3) is 0.417. The molecule has 0 spiro atoms. The number of anilines is 2. The highest BCUT2D eigenvalue weighted by molar-refractivity contribution is 5.78. The Bertz CT molecular complexity index is 464. The third-order valence-corrected chi connectivity index (χ3v) is 2.47. The molecule has 1 aromatic heterocycles. The molecule has 0 bridgehead atoms. The molecule has 0 amide bonds. The van der Waals surface area contributed by atoms with E-state index in [9.17, 15) is 0 Å². The highest BCUT2D eigenvalue weighted by Crippen LogP contribution is 2.20. The first-order chi connectivity index (χ1) is 7.79. The second-order valence-corrected chi connectivity index (χ2v) is 3.88. The third kappa shape index (κ3) is 2.45. The van der Waals surface area contributed by atoms with Crippen molar-refractivity contribution < 1.29 is 4.42 Å². The summed E-state index contributed by atoms with van der Waals surface area (Å²) in [5.41, 5.74) is 7.95. The molecule has 0 fully saturated rings. The monoisotopic (exact) mass is 219 g/mol. The van der Waals surface area contributed by atoms with Crippen LogP contribution in [0.5, 0.6) is 0 Å². The van der Waals surface area contributed by atoms with Gasteiger partial charge in [0, 0.05) is 12.2 Å². The molecule has 0 radical (unpaired) electrons. The van der Waals surface area contributed by atoms with Gasteiger partial charge in [-0.25, -0.2) is 0 Å². The standard InChI is InChI=1S/C12H17N3O/c1-2-3-4-7-14-12-15-10-8-9(13)5-6-11(10)16-12/h5-6,8H,2-4,7,13H2,1H3,(H,14,15). The molecule has 16 heavy (non-hydrogen) atoms. The highest BCUT2D eigenvalue weighted by atomic mass is 16.4. The maximum Gasteiger partial charge on any atom is 0.295 e. The number of benzene rings is 1. The lowest BCUT2D eigenvalue weighted by Crippen LogP contribution is -2.00. The number of nitrogens with one attached hydrogen (secondary N) is 1. The molecule has 0 unspecified atom stereocenters. The summed E-state index contributed by atoms with van der Waals surface area (Å²) in [6.07, 6.45) is 3.57. The zero-order chi connectivity index (χ0) is 11.4. The number of unbranched alkanes of at least 4 members (excludes halogenated alkanes) is 2. The molecule has 4 nitrogen and oxygen atoms in total. The van der Waals surface area contributed by atoms with Crippen molar-refractivity contribution in [3.8, 4) is 0 Å². The lowest BCUT2D eigenvalue weighted by atomic mass is 10.2. The van der Waals surface area contributed by atoms with Gasteiger partial charge in [-0.05, 0) is 24.6 Å². The Balaban J connectivity index is 2.02. The quantitative estimate of drug-likeness (QED) is 0.599. The molecule has 0 atom stereocenters. The Hall–Kier alpha value is -1.71. The Labute approximate surface area is 94.8 Å². The number of nitrogens with two attached hydrogens (primary N) is 1. The molecule has 1 aromatic carbocycles. The van der Waals surface area contributed by atoms with Gasteiger partial charge in [0.1, 0.15) is 5.52 Å². The van der Waals surface area contributed by atoms with Crippen LogP contribution in [0.4, 0.5) is 11.7 Å². The number of hydrogen-bond acceptors (Lipinski definition) is 4. The van der Waals surface area contributed by atoms with E-state index in [0.717, 1.165) is 24.1 Å². The van der Waals surface area contributed by atoms with Gasteiger partial charge in [-0.1, -0.05) is 19.8 Å². The van der Waals surface area contributed by atoms with Crippen molar-refractivity contribution in [3.05, 3.63) is 18.2 Å². The number of oxazole rings is 1. The Morgan fingerprint density at radius 2 is 2.25 bits per heavy atom. The molecule has 0 aliphatic rings. The number of rotatable bonds is 5. The van der Waals surface area contributed by atoms with Crippen LogP contribution in [-0.4, -0.2) is 11.5 Å². The van der Waals surface area contributed by atoms with Gasteiger partial charge in [-0.2, -0.15) is 4.98 Å². The Morgan fingerprint density at radius 3 is 3.06 bits per heavy atom. The summed E-state index contributed by atoms with van der Waals surface area (Å²) in [6, 6.07) is 6.05. The van der Waals surface area contributed by atoms with Crippen LogP contribution in [0, 0.1) is 0 Å². The minimum Gasteiger partial charge on any atom is -0.424 e. The molecule has 0 saturated carbocycles. The molecule has 0 aliphatic carbocycles. The van der Waals surface area contributed by atoms with Crippen LogP contribution in [-0.2, 0) is 0 Å². The molecule has 86 valence electrons. The van der Waals surface area contributed by atoms with Gasteiger partial charge >= 0.3 is 0 Å². The largest absolute Gasteiger partial charge is 0.424 e. The molecule has 2 aromatic rings. The predicted molar refractivity (Wildman–Crippen MR) is 66.4 cm³/mol. The third-order valence-electron chi connectivity index (χ3n) is 2.47. The summed E-state index contributed by atoms with van der Waals surface area (Å²) in [5.74, 6) is 0. The van der Waals surface area contributed by atoms with Gasteiger partial charge < -0.3 is 15.5 Å². The minimum atomic E-state index is 0.580. The van der Waals surface area contributed by atoms with E-state index in [1.807, 2.05) is 18.2 Å². The molecule has 2 rings (SSSR count). The van der Waals surface area contributed by atoms with E-state index in [4.69, 9.17) is 10.2 Å². The normalized spacial score (nSPS) is 10.8. The van der Waals surface area contributed by atoms with E-state index >= 15 is 0 Å². The molecular weight excluding hydrogens is 202 g/mol. The first-order valence-corrected chi connectivity index (χ1v) is 5.69. The number of hydrogen-bond donors (Lipinski definition) is 2. The zero-order valence-electron chi connectivity index (χ0n) is 9.49. The predicted octanol–water partition coefficient (Wildman–Crippen LogP) is 3.01. The van der Waals surface area contributed by atoms with Gasteiger partial charge in [0.05, 0.1) is 0 Å². The van der Waals surface area contributed by atoms with Crippen molar-refractivity contribution in [1.82, 2.24) is 4.98 Å². The average molecular weight is 219 g/mol. The Kier molecular flexibility index (Phi) is 3.29. The van der Waals surface area contributed by atoms with Gasteiger partial charge in [-0.3, -0.25) is 0 Å². The number of nitrogens with zero attached hydrogens (tertiary/aromatic N) is 1. The van der Waals surface area contributed by atoms with E-state index in [2.05, 4.69) is 17.2 Å². The Morgan fingerprint density at radius 1 is 1.38 bits per heavy atom. The van der Waals surface area contributed by atoms with Gasteiger partial charge in [0.25, 0.3) is 6.01 Å². The minimum absolute atomic E-state index is 0.580. The van der Waals surface area contributed by atoms with Crippen molar-refractivity contribution in [2.75, 3.05) is 17.6 Å². The van der Waals surface area contributed by atoms with Crippen LogP contribution in [0.2, 0.25) is 0 Å². The summed E-state index contributed by atoms with van der Waals surface area (Å²) in [5, 5.41) is 3.17. The van der Waals surface area contributed by atoms with E-state index in [0.29, 0.717) is 11.7 Å². The topological polar surface area (TPSA) is 64.1 Å². The highest BCUT2D eigenvalue weighted by Gasteiger charge is 2.04. The van der Waals surface area contributed by atoms with Crippen molar-refractivity contribution in [2.24, 2.45) is 0 Å². The van der Waals surface area contributed by atoms with Crippen LogP contribution in [0.25, 0.3) is 11.1 Å². The van der Waals surface area contributed by atoms with Crippen LogP contribution in [0.1, 0.15) is 26.2 Å². The SMILES string of the molecule is CCCCCNc1nc2cc(N)ccc2o1. The molecule has 0 aliphatic heterocycles. The molecular formula is C12H17N3O. The second-order valence-electron chi connectivity index (χ2n) is 3.88. The average Bonchev–Trinajstić information content (AvgIpc) is 2.66. The van der Waals surface area contributed by atoms with Gasteiger partial charge in [-0.15, -0.1) is 0 Å². The number of nitrogen functional groups attached to an aromatic ring is 1. The van der Waals surface area contributed by atoms with Gasteiger partial charge in [0.2, 0.25) is 0 Å². The van der Waals surface area contributed by atoms with E-state index in [1.165, 1.54) is 12.8 Å². The fourth-order valence-corrected chi connectivity index (χ4v) is 1.59. The lowest BCUT2D eigenvalue weighted by molar-refractivity contribution is 0.609. The van der Waals surface area contributed by atoms with Crippen molar-refractivity contribution in [1.29, 1.82) is 0 Å². The summed E-state index contributed by atoms with van der Waals surface area (Å²) < 4.78 is 5.53. The molecule has 3 N–H and O–H groups in total. The maximum absolute atomic E-state index is 5.67. The summed E-state index contributed by atoms with van der Waals surface area (Å²) in [6.45, 7) is 3.08. The van der Waals surface area contributed by atoms with Crippen LogP contribution < -0.4 is 11.1 Å². The molecule has 0 saturated heterocycles. The smallest absolute Gasteiger partial charge is 0.295 e. The fourth-order valence-electron chi connectivity index (χ4n) is 1.59. The first-order valence-electron chi connectivity index (χ1n) is 5.69. The first kappa shape index (κ1) is 10.8. The van der Waals surface area contributed by atoms with E-state index < -0.39 is 0 Å². The van der Waals surface area contributed by atoms with E-state index in [-0.39, 0.29) is 0 Å². The number of aromatic nitrogens is 1. The summed E-state index contributed by atoms with van der Waals surface area (Å²) in [4.78, 5) is 4.31. The van der Waals surface area contributed by atoms with Gasteiger partial charge in [0.15, 0.2) is 5.58 Å². The zero-order valence-corrected chi connectivity index (χ0v) is 9.49. The van der Waals surface area contributed by atoms with Crippen LogP contribution in [0.15, 0.2) is 22.6 Å².